The van der Waals surface area contributed by atoms with Crippen LogP contribution in [0.5, 0.6) is 0 Å². The Bertz CT molecular complexity index is 1630. The Morgan fingerprint density at radius 1 is 0.872 bits per heavy atom. The van der Waals surface area contributed by atoms with Gasteiger partial charge in [-0.05, 0) is 105 Å². The number of hydrogen-bond donors (Lipinski definition) is 0. The molecule has 0 saturated carbocycles. The third-order valence-electron chi connectivity index (χ3n) is 7.81. The molecule has 4 nitrogen and oxygen atoms in total. The first kappa shape index (κ1) is 25.6. The Balaban J connectivity index is 1.34. The number of benzene rings is 2. The molecule has 1 fully saturated rings. The largest absolute Gasteiger partial charge is 0.301 e. The highest BCUT2D eigenvalue weighted by molar-refractivity contribution is 6.30. The number of aromatic nitrogens is 3. The molecule has 5 aromatic rings. The van der Waals surface area contributed by atoms with Crippen LogP contribution < -0.4 is 0 Å². The number of rotatable bonds is 5. The lowest BCUT2D eigenvalue weighted by molar-refractivity contribution is 0.172. The molecule has 39 heavy (non-hydrogen) atoms. The van der Waals surface area contributed by atoms with Crippen molar-refractivity contribution >= 4 is 22.6 Å². The number of hydrogen-bond acceptors (Lipinski definition) is 4. The van der Waals surface area contributed by atoms with E-state index >= 15 is 0 Å². The molecule has 0 radical (unpaired) electrons. The normalized spacial score (nSPS) is 14.8. The van der Waals surface area contributed by atoms with Gasteiger partial charge in [0.15, 0.2) is 5.65 Å². The van der Waals surface area contributed by atoms with Gasteiger partial charge in [-0.1, -0.05) is 35.9 Å². The smallest absolute Gasteiger partial charge is 0.160 e. The first-order valence-corrected chi connectivity index (χ1v) is 13.8. The maximum atomic E-state index is 14.8. The molecule has 6 heteroatoms. The lowest BCUT2D eigenvalue weighted by Crippen LogP contribution is -2.37. The molecule has 0 spiro atoms. The highest BCUT2D eigenvalue weighted by atomic mass is 35.5. The van der Waals surface area contributed by atoms with Crippen LogP contribution in [0.15, 0.2) is 85.3 Å². The standard InChI is InChI=1S/C33H30ClFN4/c1-21(2)39-14-11-24(12-15-39)22-5-7-23(8-6-22)25-16-26(20-36-19-25)29-18-32(30-17-27(34)9-10-31(30)35)38-33-28(29)4-3-13-37-33/h3-10,13,16-21,24H,11-12,14-15H2,1-2H3. The van der Waals surface area contributed by atoms with Crippen LogP contribution in [0.4, 0.5) is 4.39 Å². The molecule has 1 saturated heterocycles. The first-order chi connectivity index (χ1) is 19.0. The van der Waals surface area contributed by atoms with Crippen LogP contribution in [-0.2, 0) is 0 Å². The fraction of sp³-hybridized carbons (Fsp3) is 0.242. The van der Waals surface area contributed by atoms with E-state index in [-0.39, 0.29) is 5.82 Å². The van der Waals surface area contributed by atoms with E-state index in [0.29, 0.717) is 33.9 Å². The average molecular weight is 537 g/mol. The monoisotopic (exact) mass is 536 g/mol. The summed E-state index contributed by atoms with van der Waals surface area (Å²) in [6.45, 7) is 6.87. The van der Waals surface area contributed by atoms with Gasteiger partial charge < -0.3 is 4.90 Å². The molecule has 1 aliphatic heterocycles. The van der Waals surface area contributed by atoms with Crippen LogP contribution in [-0.4, -0.2) is 39.0 Å². The van der Waals surface area contributed by atoms with Crippen molar-refractivity contribution < 1.29 is 4.39 Å². The van der Waals surface area contributed by atoms with Gasteiger partial charge in [0, 0.05) is 51.7 Å². The molecule has 0 aliphatic carbocycles. The fourth-order valence-corrected chi connectivity index (χ4v) is 5.74. The van der Waals surface area contributed by atoms with E-state index in [4.69, 9.17) is 11.6 Å². The minimum atomic E-state index is -0.380. The Labute approximate surface area is 233 Å². The Morgan fingerprint density at radius 3 is 2.41 bits per heavy atom. The maximum Gasteiger partial charge on any atom is 0.160 e. The average Bonchev–Trinajstić information content (AvgIpc) is 2.98. The minimum absolute atomic E-state index is 0.343. The summed E-state index contributed by atoms with van der Waals surface area (Å²) in [7, 11) is 0. The number of nitrogens with zero attached hydrogens (tertiary/aromatic N) is 4. The third kappa shape index (κ3) is 5.29. The van der Waals surface area contributed by atoms with Gasteiger partial charge in [0.2, 0.25) is 0 Å². The van der Waals surface area contributed by atoms with Crippen LogP contribution >= 0.6 is 11.6 Å². The second-order valence-electron chi connectivity index (χ2n) is 10.5. The van der Waals surface area contributed by atoms with Crippen molar-refractivity contribution in [2.75, 3.05) is 13.1 Å². The van der Waals surface area contributed by atoms with Gasteiger partial charge in [0.1, 0.15) is 5.82 Å². The SMILES string of the molecule is CC(C)N1CCC(c2ccc(-c3cncc(-c4cc(-c5cc(Cl)ccc5F)nc5ncccc45)c3)cc2)CC1. The van der Waals surface area contributed by atoms with Crippen molar-refractivity contribution in [3.8, 4) is 33.5 Å². The molecule has 4 heterocycles. The van der Waals surface area contributed by atoms with Gasteiger partial charge in [-0.3, -0.25) is 4.98 Å². The van der Waals surface area contributed by atoms with Crippen LogP contribution in [0.1, 0.15) is 38.2 Å². The van der Waals surface area contributed by atoms with E-state index in [9.17, 15) is 4.39 Å². The van der Waals surface area contributed by atoms with Crippen LogP contribution in [0, 0.1) is 5.82 Å². The first-order valence-electron chi connectivity index (χ1n) is 13.5. The highest BCUT2D eigenvalue weighted by Gasteiger charge is 2.22. The van der Waals surface area contributed by atoms with Gasteiger partial charge in [-0.15, -0.1) is 0 Å². The molecule has 1 aliphatic rings. The molecule has 0 bridgehead atoms. The zero-order chi connectivity index (χ0) is 26.9. The second-order valence-corrected chi connectivity index (χ2v) is 11.0. The molecule has 0 atom stereocenters. The number of pyridine rings is 3. The molecule has 0 amide bonds. The summed E-state index contributed by atoms with van der Waals surface area (Å²) in [5.41, 5.74) is 6.73. The van der Waals surface area contributed by atoms with E-state index < -0.39 is 0 Å². The summed E-state index contributed by atoms with van der Waals surface area (Å²) in [5.74, 6) is 0.231. The van der Waals surface area contributed by atoms with Gasteiger partial charge in [-0.25, -0.2) is 14.4 Å². The van der Waals surface area contributed by atoms with Crippen molar-refractivity contribution in [1.82, 2.24) is 19.9 Å². The van der Waals surface area contributed by atoms with E-state index in [1.807, 2.05) is 30.6 Å². The van der Waals surface area contributed by atoms with Gasteiger partial charge in [-0.2, -0.15) is 0 Å². The predicted molar refractivity (Wildman–Crippen MR) is 157 cm³/mol. The summed E-state index contributed by atoms with van der Waals surface area (Å²) in [4.78, 5) is 16.2. The minimum Gasteiger partial charge on any atom is -0.301 e. The van der Waals surface area contributed by atoms with Crippen LogP contribution in [0.25, 0.3) is 44.5 Å². The van der Waals surface area contributed by atoms with E-state index in [0.717, 1.165) is 40.7 Å². The maximum absolute atomic E-state index is 14.8. The second kappa shape index (κ2) is 10.8. The number of halogens is 2. The number of piperidine rings is 1. The molecule has 3 aromatic heterocycles. The summed E-state index contributed by atoms with van der Waals surface area (Å²) in [6, 6.07) is 21.9. The highest BCUT2D eigenvalue weighted by Crippen LogP contribution is 2.35. The lowest BCUT2D eigenvalue weighted by Gasteiger charge is -2.34. The summed E-state index contributed by atoms with van der Waals surface area (Å²) >= 11 is 6.19. The molecule has 0 unspecified atom stereocenters. The molecule has 2 aromatic carbocycles. The Morgan fingerprint density at radius 2 is 1.64 bits per heavy atom. The van der Waals surface area contributed by atoms with Gasteiger partial charge in [0.05, 0.1) is 5.69 Å². The Kier molecular flexibility index (Phi) is 7.11. The van der Waals surface area contributed by atoms with Gasteiger partial charge >= 0.3 is 0 Å². The molecule has 196 valence electrons. The van der Waals surface area contributed by atoms with Crippen molar-refractivity contribution in [2.45, 2.75) is 38.6 Å². The van der Waals surface area contributed by atoms with Crippen molar-refractivity contribution in [3.63, 3.8) is 0 Å². The third-order valence-corrected chi connectivity index (χ3v) is 8.05. The van der Waals surface area contributed by atoms with E-state index in [1.165, 1.54) is 30.5 Å². The van der Waals surface area contributed by atoms with Crippen LogP contribution in [0.3, 0.4) is 0 Å². The Hall–Kier alpha value is -3.67. The van der Waals surface area contributed by atoms with Crippen molar-refractivity contribution in [1.29, 1.82) is 0 Å². The zero-order valence-electron chi connectivity index (χ0n) is 22.1. The molecule has 6 rings (SSSR count). The number of fused-ring (bicyclic) bond motifs is 1. The summed E-state index contributed by atoms with van der Waals surface area (Å²) in [5, 5.41) is 1.33. The zero-order valence-corrected chi connectivity index (χ0v) is 22.9. The molecule has 0 N–H and O–H groups in total. The fourth-order valence-electron chi connectivity index (χ4n) is 5.57. The van der Waals surface area contributed by atoms with Crippen molar-refractivity contribution in [2.24, 2.45) is 0 Å². The number of likely N-dealkylation sites (tertiary alicyclic amines) is 1. The summed E-state index contributed by atoms with van der Waals surface area (Å²) < 4.78 is 14.8. The quantitative estimate of drug-likeness (QED) is 0.226. The van der Waals surface area contributed by atoms with Crippen LogP contribution in [0.2, 0.25) is 5.02 Å². The predicted octanol–water partition coefficient (Wildman–Crippen LogP) is 8.41. The van der Waals surface area contributed by atoms with Crippen molar-refractivity contribution in [3.05, 3.63) is 102 Å². The van der Waals surface area contributed by atoms with E-state index in [2.05, 4.69) is 64.0 Å². The topological polar surface area (TPSA) is 41.9 Å². The molecular weight excluding hydrogens is 507 g/mol. The molecular formula is C33H30ClFN4. The van der Waals surface area contributed by atoms with E-state index in [1.54, 1.807) is 12.3 Å². The lowest BCUT2D eigenvalue weighted by atomic mass is 9.88. The van der Waals surface area contributed by atoms with Gasteiger partial charge in [0.25, 0.3) is 0 Å². The summed E-state index contributed by atoms with van der Waals surface area (Å²) in [6.07, 6.45) is 7.82.